The number of benzene rings is 3. The highest BCUT2D eigenvalue weighted by Gasteiger charge is 2.14. The van der Waals surface area contributed by atoms with Crippen LogP contribution in [0.1, 0.15) is 22.5 Å². The van der Waals surface area contributed by atoms with E-state index >= 15 is 0 Å². The topological polar surface area (TPSA) is 41.9 Å². The van der Waals surface area contributed by atoms with Gasteiger partial charge in [0.2, 0.25) is 0 Å². The Morgan fingerprint density at radius 2 is 1.77 bits per heavy atom. The number of rotatable bonds is 4. The van der Waals surface area contributed by atoms with Gasteiger partial charge in [0, 0.05) is 10.7 Å². The van der Waals surface area contributed by atoms with Crippen molar-refractivity contribution in [1.82, 2.24) is 9.78 Å². The zero-order valence-corrected chi connectivity index (χ0v) is 18.7. The molecule has 0 radical (unpaired) electrons. The van der Waals surface area contributed by atoms with Gasteiger partial charge in [-0.05, 0) is 67.0 Å². The number of hydrogen-bond donors (Lipinski definition) is 2. The van der Waals surface area contributed by atoms with E-state index in [1.165, 1.54) is 16.3 Å². The average molecular weight is 435 g/mol. The van der Waals surface area contributed by atoms with Crippen molar-refractivity contribution in [2.45, 2.75) is 27.3 Å². The molecule has 0 aliphatic heterocycles. The van der Waals surface area contributed by atoms with Gasteiger partial charge in [-0.3, -0.25) is 4.68 Å². The van der Waals surface area contributed by atoms with Crippen molar-refractivity contribution in [3.8, 4) is 0 Å². The van der Waals surface area contributed by atoms with E-state index in [0.717, 1.165) is 28.3 Å². The van der Waals surface area contributed by atoms with Gasteiger partial charge in [0.1, 0.15) is 0 Å². The van der Waals surface area contributed by atoms with Crippen LogP contribution in [0.25, 0.3) is 10.8 Å². The molecule has 4 rings (SSSR count). The number of fused-ring (bicyclic) bond motifs is 1. The highest BCUT2D eigenvalue weighted by Crippen LogP contribution is 2.25. The minimum Gasteiger partial charge on any atom is -0.332 e. The summed E-state index contributed by atoms with van der Waals surface area (Å²) in [4.78, 5) is 0. The second-order valence-electron chi connectivity index (χ2n) is 7.38. The van der Waals surface area contributed by atoms with Crippen LogP contribution in [-0.4, -0.2) is 14.9 Å². The molecule has 30 heavy (non-hydrogen) atoms. The number of anilines is 2. The predicted octanol–water partition coefficient (Wildman–Crippen LogP) is 6.47. The number of halogens is 1. The smallest absolute Gasteiger partial charge is 0.175 e. The lowest BCUT2D eigenvalue weighted by molar-refractivity contribution is 0.662. The second kappa shape index (κ2) is 8.46. The predicted molar refractivity (Wildman–Crippen MR) is 131 cm³/mol. The maximum absolute atomic E-state index is 6.12. The molecule has 0 amide bonds. The minimum atomic E-state index is 0.510. The van der Waals surface area contributed by atoms with E-state index in [1.807, 2.05) is 36.7 Å². The Bertz CT molecular complexity index is 1240. The fourth-order valence-corrected chi connectivity index (χ4v) is 4.00. The van der Waals surface area contributed by atoms with Crippen molar-refractivity contribution in [3.63, 3.8) is 0 Å². The summed E-state index contributed by atoms with van der Waals surface area (Å²) in [7, 11) is 0. The molecule has 0 unspecified atom stereocenters. The van der Waals surface area contributed by atoms with Gasteiger partial charge in [0.05, 0.1) is 23.6 Å². The molecular weight excluding hydrogens is 412 g/mol. The molecule has 0 saturated heterocycles. The summed E-state index contributed by atoms with van der Waals surface area (Å²) in [5, 5.41) is 15.0. The van der Waals surface area contributed by atoms with Gasteiger partial charge >= 0.3 is 0 Å². The Labute approximate surface area is 186 Å². The van der Waals surface area contributed by atoms with Gasteiger partial charge in [-0.2, -0.15) is 5.10 Å². The normalized spacial score (nSPS) is 10.9. The van der Waals surface area contributed by atoms with Crippen LogP contribution in [0.15, 0.2) is 60.7 Å². The van der Waals surface area contributed by atoms with E-state index in [0.29, 0.717) is 16.7 Å². The molecule has 152 valence electrons. The van der Waals surface area contributed by atoms with Gasteiger partial charge in [0.15, 0.2) is 5.11 Å². The number of hydrogen-bond acceptors (Lipinski definition) is 2. The lowest BCUT2D eigenvalue weighted by Crippen LogP contribution is -2.20. The van der Waals surface area contributed by atoms with Crippen molar-refractivity contribution in [3.05, 3.63) is 88.2 Å². The molecule has 0 atom stereocenters. The van der Waals surface area contributed by atoms with Crippen molar-refractivity contribution in [2.24, 2.45) is 0 Å². The summed E-state index contributed by atoms with van der Waals surface area (Å²) in [5.41, 5.74) is 6.06. The van der Waals surface area contributed by atoms with E-state index in [-0.39, 0.29) is 0 Å². The Morgan fingerprint density at radius 1 is 1.00 bits per heavy atom. The molecule has 0 fully saturated rings. The van der Waals surface area contributed by atoms with Crippen LogP contribution in [0, 0.1) is 20.8 Å². The number of nitrogens with one attached hydrogen (secondary N) is 2. The third kappa shape index (κ3) is 4.18. The van der Waals surface area contributed by atoms with Gasteiger partial charge in [0.25, 0.3) is 0 Å². The van der Waals surface area contributed by atoms with Crippen LogP contribution < -0.4 is 10.6 Å². The number of nitrogens with zero attached hydrogens (tertiary/aromatic N) is 2. The van der Waals surface area contributed by atoms with Crippen molar-refractivity contribution in [2.75, 3.05) is 10.6 Å². The molecule has 0 saturated carbocycles. The molecule has 4 nitrogen and oxygen atoms in total. The second-order valence-corrected chi connectivity index (χ2v) is 8.22. The quantitative estimate of drug-likeness (QED) is 0.361. The average Bonchev–Trinajstić information content (AvgIpc) is 2.98. The first-order valence-electron chi connectivity index (χ1n) is 9.77. The SMILES string of the molecule is Cc1ccc(Cl)cc1NC(=S)Nc1c(C)nn(Cc2cccc3ccccc23)c1C. The van der Waals surface area contributed by atoms with Crippen molar-refractivity contribution < 1.29 is 0 Å². The van der Waals surface area contributed by atoms with E-state index < -0.39 is 0 Å². The summed E-state index contributed by atoms with van der Waals surface area (Å²) in [6.45, 7) is 6.76. The first-order chi connectivity index (χ1) is 14.4. The first-order valence-corrected chi connectivity index (χ1v) is 10.6. The number of aromatic nitrogens is 2. The molecule has 4 aromatic rings. The van der Waals surface area contributed by atoms with Gasteiger partial charge in [-0.1, -0.05) is 60.1 Å². The molecule has 2 N–H and O–H groups in total. The van der Waals surface area contributed by atoms with E-state index in [4.69, 9.17) is 28.9 Å². The van der Waals surface area contributed by atoms with Crippen LogP contribution in [0.2, 0.25) is 5.02 Å². The fraction of sp³-hybridized carbons (Fsp3) is 0.167. The van der Waals surface area contributed by atoms with Crippen molar-refractivity contribution >= 4 is 51.1 Å². The van der Waals surface area contributed by atoms with Gasteiger partial charge in [-0.15, -0.1) is 0 Å². The molecule has 0 spiro atoms. The van der Waals surface area contributed by atoms with Gasteiger partial charge in [-0.25, -0.2) is 0 Å². The third-order valence-corrected chi connectivity index (χ3v) is 5.71. The Hall–Kier alpha value is -2.89. The van der Waals surface area contributed by atoms with Crippen LogP contribution in [0.4, 0.5) is 11.4 Å². The lowest BCUT2D eigenvalue weighted by atomic mass is 10.0. The Kier molecular flexibility index (Phi) is 5.75. The molecule has 0 aliphatic rings. The zero-order valence-electron chi connectivity index (χ0n) is 17.2. The fourth-order valence-electron chi connectivity index (χ4n) is 3.62. The summed E-state index contributed by atoms with van der Waals surface area (Å²) in [6, 6.07) is 20.5. The summed E-state index contributed by atoms with van der Waals surface area (Å²) >= 11 is 11.7. The number of aryl methyl sites for hydroxylation is 2. The van der Waals surface area contributed by atoms with E-state index in [2.05, 4.69) is 60.0 Å². The van der Waals surface area contributed by atoms with E-state index in [9.17, 15) is 0 Å². The summed E-state index contributed by atoms with van der Waals surface area (Å²) < 4.78 is 2.02. The highest BCUT2D eigenvalue weighted by molar-refractivity contribution is 7.80. The highest BCUT2D eigenvalue weighted by atomic mass is 35.5. The van der Waals surface area contributed by atoms with Crippen LogP contribution >= 0.6 is 23.8 Å². The third-order valence-electron chi connectivity index (χ3n) is 5.27. The standard InChI is InChI=1S/C24H23ClN4S/c1-15-11-12-20(25)13-22(15)26-24(30)27-23-16(2)28-29(17(23)3)14-19-9-6-8-18-7-4-5-10-21(18)19/h4-13H,14H2,1-3H3,(H2,26,27,30). The monoisotopic (exact) mass is 434 g/mol. The molecule has 0 bridgehead atoms. The maximum atomic E-state index is 6.12. The van der Waals surface area contributed by atoms with Crippen LogP contribution in [-0.2, 0) is 6.54 Å². The zero-order chi connectivity index (χ0) is 21.3. The Balaban J connectivity index is 1.56. The van der Waals surface area contributed by atoms with Crippen LogP contribution in [0.3, 0.4) is 0 Å². The first kappa shape index (κ1) is 20.4. The largest absolute Gasteiger partial charge is 0.332 e. The van der Waals surface area contributed by atoms with E-state index in [1.54, 1.807) is 0 Å². The summed E-state index contributed by atoms with van der Waals surface area (Å²) in [5.74, 6) is 0. The Morgan fingerprint density at radius 3 is 2.60 bits per heavy atom. The maximum Gasteiger partial charge on any atom is 0.175 e. The lowest BCUT2D eigenvalue weighted by Gasteiger charge is -2.13. The molecule has 0 aliphatic carbocycles. The number of thiocarbonyl (C=S) groups is 1. The van der Waals surface area contributed by atoms with Crippen molar-refractivity contribution in [1.29, 1.82) is 0 Å². The minimum absolute atomic E-state index is 0.510. The molecule has 1 heterocycles. The van der Waals surface area contributed by atoms with Crippen LogP contribution in [0.5, 0.6) is 0 Å². The molecular formula is C24H23ClN4S. The molecule has 1 aromatic heterocycles. The molecule has 3 aromatic carbocycles. The summed E-state index contributed by atoms with van der Waals surface area (Å²) in [6.07, 6.45) is 0. The molecule has 6 heteroatoms. The van der Waals surface area contributed by atoms with Gasteiger partial charge < -0.3 is 10.6 Å².